The highest BCUT2D eigenvalue weighted by Crippen LogP contribution is 2.69. The summed E-state index contributed by atoms with van der Waals surface area (Å²) in [5.74, 6) is -2.74. The number of rotatable bonds is 0. The average Bonchev–Trinajstić information content (AvgIpc) is 2.39. The number of hydrogen-bond donors (Lipinski definition) is 1. The van der Waals surface area contributed by atoms with Crippen LogP contribution >= 0.6 is 12.4 Å². The largest absolute Gasteiger partial charge is 0.317 e. The van der Waals surface area contributed by atoms with Crippen molar-refractivity contribution < 1.29 is 8.78 Å². The van der Waals surface area contributed by atoms with Gasteiger partial charge in [0.15, 0.2) is 0 Å². The Hall–Kier alpha value is 0.110. The number of halogens is 3. The fraction of sp³-hybridized carbons (Fsp3) is 1.00. The Labute approximate surface area is 77.3 Å². The molecule has 2 rings (SSSR count). The normalized spacial score (nSPS) is 35.8. The van der Waals surface area contributed by atoms with Crippen LogP contribution in [0, 0.1) is 11.3 Å². The Morgan fingerprint density at radius 3 is 1.92 bits per heavy atom. The van der Waals surface area contributed by atoms with Crippen LogP contribution < -0.4 is 5.32 Å². The van der Waals surface area contributed by atoms with Crippen LogP contribution in [0.25, 0.3) is 0 Å². The molecular formula is C8H14ClF2N. The van der Waals surface area contributed by atoms with Crippen LogP contribution in [0.15, 0.2) is 0 Å². The van der Waals surface area contributed by atoms with Crippen LogP contribution in [0.2, 0.25) is 0 Å². The summed E-state index contributed by atoms with van der Waals surface area (Å²) in [4.78, 5) is 0. The van der Waals surface area contributed by atoms with Crippen molar-refractivity contribution in [3.63, 3.8) is 0 Å². The van der Waals surface area contributed by atoms with Gasteiger partial charge in [0, 0.05) is 11.3 Å². The second-order valence-electron chi connectivity index (χ2n) is 3.75. The van der Waals surface area contributed by atoms with Gasteiger partial charge in [0.1, 0.15) is 0 Å². The minimum Gasteiger partial charge on any atom is -0.317 e. The first-order chi connectivity index (χ1) is 5.11. The van der Waals surface area contributed by atoms with Crippen LogP contribution in [-0.2, 0) is 0 Å². The number of hydrogen-bond acceptors (Lipinski definition) is 1. The van der Waals surface area contributed by atoms with E-state index in [0.29, 0.717) is 12.8 Å². The van der Waals surface area contributed by atoms with Gasteiger partial charge >= 0.3 is 0 Å². The summed E-state index contributed by atoms with van der Waals surface area (Å²) in [6, 6.07) is 0. The first-order valence-electron chi connectivity index (χ1n) is 4.20. The van der Waals surface area contributed by atoms with E-state index in [1.165, 1.54) is 0 Å². The Morgan fingerprint density at radius 1 is 1.25 bits per heavy atom. The highest BCUT2D eigenvalue weighted by Gasteiger charge is 2.77. The molecule has 1 aliphatic heterocycles. The molecule has 2 aliphatic rings. The summed E-state index contributed by atoms with van der Waals surface area (Å²) < 4.78 is 26.1. The van der Waals surface area contributed by atoms with E-state index in [1.807, 2.05) is 0 Å². The third-order valence-electron chi connectivity index (χ3n) is 3.45. The summed E-state index contributed by atoms with van der Waals surface area (Å²) >= 11 is 0. The zero-order valence-electron chi connectivity index (χ0n) is 7.07. The summed E-state index contributed by atoms with van der Waals surface area (Å²) in [7, 11) is 0. The Morgan fingerprint density at radius 2 is 1.67 bits per heavy atom. The molecule has 2 fully saturated rings. The SMILES string of the molecule is CC1C(F)(F)C12CCNCC2.Cl. The quantitative estimate of drug-likeness (QED) is 0.627. The van der Waals surface area contributed by atoms with E-state index in [-0.39, 0.29) is 18.3 Å². The molecule has 0 bridgehead atoms. The first kappa shape index (κ1) is 10.2. The standard InChI is InChI=1S/C8H13F2N.ClH/c1-6-7(8(6,9)10)2-4-11-5-3-7;/h6,11H,2-5H2,1H3;1H. The van der Waals surface area contributed by atoms with Crippen LogP contribution in [0.5, 0.6) is 0 Å². The highest BCUT2D eigenvalue weighted by molar-refractivity contribution is 5.85. The van der Waals surface area contributed by atoms with Crippen molar-refractivity contribution in [2.24, 2.45) is 11.3 Å². The van der Waals surface area contributed by atoms with Crippen molar-refractivity contribution in [3.8, 4) is 0 Å². The molecule has 1 aliphatic carbocycles. The Balaban J connectivity index is 0.000000720. The van der Waals surface area contributed by atoms with Gasteiger partial charge in [-0.3, -0.25) is 0 Å². The highest BCUT2D eigenvalue weighted by atomic mass is 35.5. The molecule has 0 aromatic heterocycles. The summed E-state index contributed by atoms with van der Waals surface area (Å²) in [6.07, 6.45) is 1.31. The van der Waals surface area contributed by atoms with E-state index in [2.05, 4.69) is 5.32 Å². The van der Waals surface area contributed by atoms with Crippen LogP contribution in [0.3, 0.4) is 0 Å². The fourth-order valence-corrected chi connectivity index (χ4v) is 2.35. The lowest BCUT2D eigenvalue weighted by atomic mass is 9.92. The van der Waals surface area contributed by atoms with E-state index < -0.39 is 11.3 Å². The van der Waals surface area contributed by atoms with Crippen molar-refractivity contribution >= 4 is 12.4 Å². The predicted molar refractivity (Wildman–Crippen MR) is 45.9 cm³/mol. The molecule has 1 saturated heterocycles. The molecule has 1 N–H and O–H groups in total. The van der Waals surface area contributed by atoms with Crippen LogP contribution in [0.4, 0.5) is 8.78 Å². The lowest BCUT2D eigenvalue weighted by Crippen LogP contribution is -2.32. The van der Waals surface area contributed by atoms with Crippen molar-refractivity contribution in [1.29, 1.82) is 0 Å². The molecule has 1 unspecified atom stereocenters. The van der Waals surface area contributed by atoms with Gasteiger partial charge in [-0.15, -0.1) is 12.4 Å². The maximum Gasteiger partial charge on any atom is 0.257 e. The monoisotopic (exact) mass is 197 g/mol. The second-order valence-corrected chi connectivity index (χ2v) is 3.75. The van der Waals surface area contributed by atoms with Gasteiger partial charge in [-0.1, -0.05) is 6.92 Å². The van der Waals surface area contributed by atoms with Gasteiger partial charge < -0.3 is 5.32 Å². The number of alkyl halides is 2. The van der Waals surface area contributed by atoms with Gasteiger partial charge in [-0.2, -0.15) is 0 Å². The van der Waals surface area contributed by atoms with Gasteiger partial charge in [0.2, 0.25) is 0 Å². The molecule has 1 saturated carbocycles. The minimum atomic E-state index is -2.37. The van der Waals surface area contributed by atoms with Crippen molar-refractivity contribution in [2.45, 2.75) is 25.7 Å². The smallest absolute Gasteiger partial charge is 0.257 e. The second kappa shape index (κ2) is 2.81. The zero-order chi connectivity index (χ0) is 8.11. The maximum absolute atomic E-state index is 13.0. The van der Waals surface area contributed by atoms with Gasteiger partial charge in [0.25, 0.3) is 5.92 Å². The van der Waals surface area contributed by atoms with Crippen LogP contribution in [0.1, 0.15) is 19.8 Å². The lowest BCUT2D eigenvalue weighted by molar-refractivity contribution is 0.0471. The van der Waals surface area contributed by atoms with Crippen LogP contribution in [-0.4, -0.2) is 19.0 Å². The number of piperidine rings is 1. The summed E-state index contributed by atoms with van der Waals surface area (Å²) in [5.41, 5.74) is -0.613. The fourth-order valence-electron chi connectivity index (χ4n) is 2.35. The molecule has 1 spiro atoms. The van der Waals surface area contributed by atoms with E-state index in [9.17, 15) is 8.78 Å². The molecule has 0 radical (unpaired) electrons. The summed E-state index contributed by atoms with van der Waals surface area (Å²) in [6.45, 7) is 3.20. The molecule has 72 valence electrons. The predicted octanol–water partition coefficient (Wildman–Crippen LogP) is 2.06. The van der Waals surface area contributed by atoms with Crippen molar-refractivity contribution in [2.75, 3.05) is 13.1 Å². The van der Waals surface area contributed by atoms with Gasteiger partial charge in [-0.05, 0) is 25.9 Å². The topological polar surface area (TPSA) is 12.0 Å². The van der Waals surface area contributed by atoms with Crippen molar-refractivity contribution in [1.82, 2.24) is 5.32 Å². The molecule has 1 heterocycles. The van der Waals surface area contributed by atoms with E-state index in [4.69, 9.17) is 0 Å². The van der Waals surface area contributed by atoms with E-state index in [1.54, 1.807) is 6.92 Å². The van der Waals surface area contributed by atoms with Gasteiger partial charge in [-0.25, -0.2) is 8.78 Å². The molecule has 0 amide bonds. The van der Waals surface area contributed by atoms with Gasteiger partial charge in [0.05, 0.1) is 0 Å². The molecule has 0 aromatic carbocycles. The van der Waals surface area contributed by atoms with E-state index >= 15 is 0 Å². The van der Waals surface area contributed by atoms with E-state index in [0.717, 1.165) is 13.1 Å². The van der Waals surface area contributed by atoms with Crippen molar-refractivity contribution in [3.05, 3.63) is 0 Å². The molecular weight excluding hydrogens is 184 g/mol. The first-order valence-corrected chi connectivity index (χ1v) is 4.20. The number of nitrogens with one attached hydrogen (secondary N) is 1. The maximum atomic E-state index is 13.0. The Bertz CT molecular complexity index is 178. The minimum absolute atomic E-state index is 0. The molecule has 12 heavy (non-hydrogen) atoms. The Kier molecular flexibility index (Phi) is 2.39. The lowest BCUT2D eigenvalue weighted by Gasteiger charge is -2.22. The molecule has 1 atom stereocenters. The average molecular weight is 198 g/mol. The molecule has 1 nitrogen and oxygen atoms in total. The molecule has 4 heteroatoms. The third kappa shape index (κ3) is 0.990. The third-order valence-corrected chi connectivity index (χ3v) is 3.45. The zero-order valence-corrected chi connectivity index (χ0v) is 7.89. The molecule has 0 aromatic rings. The summed E-state index contributed by atoms with van der Waals surface area (Å²) in [5, 5.41) is 3.11.